The zero-order valence-electron chi connectivity index (χ0n) is 10.6. The summed E-state index contributed by atoms with van der Waals surface area (Å²) in [6.07, 6.45) is -3.86. The van der Waals surface area contributed by atoms with Crippen LogP contribution < -0.4 is 0 Å². The average molecular weight is 282 g/mol. The number of alkyl halides is 3. The molecule has 2 aromatic rings. The summed E-state index contributed by atoms with van der Waals surface area (Å²) in [6.45, 7) is -0.174. The Kier molecular flexibility index (Phi) is 4.34. The zero-order chi connectivity index (χ0) is 14.6. The van der Waals surface area contributed by atoms with Crippen molar-refractivity contribution in [3.8, 4) is 11.4 Å². The number of aromatic nitrogens is 2. The number of aliphatic hydroxyl groups excluding tert-OH is 1. The molecule has 0 aliphatic rings. The first-order valence-electron chi connectivity index (χ1n) is 6.07. The maximum Gasteiger partial charge on any atom is 0.389 e. The van der Waals surface area contributed by atoms with Crippen molar-refractivity contribution in [3.63, 3.8) is 0 Å². The Hall–Kier alpha value is -1.95. The van der Waals surface area contributed by atoms with Crippen LogP contribution in [-0.2, 0) is 13.0 Å². The SMILES string of the molecule is OCc1ccccc1-c1nccc(CCC(F)(F)F)n1. The third kappa shape index (κ3) is 3.77. The van der Waals surface area contributed by atoms with Crippen LogP contribution in [0.2, 0.25) is 0 Å². The minimum absolute atomic E-state index is 0.174. The number of hydrogen-bond acceptors (Lipinski definition) is 3. The van der Waals surface area contributed by atoms with Crippen LogP contribution in [0.15, 0.2) is 36.5 Å². The van der Waals surface area contributed by atoms with Gasteiger partial charge in [-0.3, -0.25) is 0 Å². The third-order valence-corrected chi connectivity index (χ3v) is 2.81. The molecule has 1 N–H and O–H groups in total. The van der Waals surface area contributed by atoms with Crippen molar-refractivity contribution in [2.45, 2.75) is 25.6 Å². The predicted molar refractivity (Wildman–Crippen MR) is 67.8 cm³/mol. The lowest BCUT2D eigenvalue weighted by atomic mass is 10.1. The first-order valence-corrected chi connectivity index (χ1v) is 6.07. The molecule has 6 heteroatoms. The van der Waals surface area contributed by atoms with Crippen molar-refractivity contribution < 1.29 is 18.3 Å². The van der Waals surface area contributed by atoms with Gasteiger partial charge in [0.1, 0.15) is 0 Å². The Labute approximate surface area is 114 Å². The summed E-state index contributed by atoms with van der Waals surface area (Å²) in [4.78, 5) is 8.19. The number of rotatable bonds is 4. The minimum atomic E-state index is -4.20. The molecule has 0 spiro atoms. The molecule has 0 saturated heterocycles. The molecule has 0 radical (unpaired) electrons. The van der Waals surface area contributed by atoms with Crippen LogP contribution in [0.3, 0.4) is 0 Å². The molecule has 0 amide bonds. The number of halogens is 3. The normalized spacial score (nSPS) is 11.6. The minimum Gasteiger partial charge on any atom is -0.392 e. The van der Waals surface area contributed by atoms with Crippen LogP contribution in [0.4, 0.5) is 13.2 Å². The van der Waals surface area contributed by atoms with Gasteiger partial charge in [-0.05, 0) is 18.1 Å². The summed E-state index contributed by atoms with van der Waals surface area (Å²) < 4.78 is 36.6. The molecule has 0 aliphatic heterocycles. The van der Waals surface area contributed by atoms with E-state index in [9.17, 15) is 18.3 Å². The molecule has 2 rings (SSSR count). The summed E-state index contributed by atoms with van der Waals surface area (Å²) in [7, 11) is 0. The largest absolute Gasteiger partial charge is 0.392 e. The number of aryl methyl sites for hydroxylation is 1. The maximum atomic E-state index is 12.2. The summed E-state index contributed by atoms with van der Waals surface area (Å²) in [5.74, 6) is 0.328. The number of nitrogens with zero attached hydrogens (tertiary/aromatic N) is 2. The van der Waals surface area contributed by atoms with E-state index in [1.54, 1.807) is 24.3 Å². The lowest BCUT2D eigenvalue weighted by Gasteiger charge is -2.08. The van der Waals surface area contributed by atoms with Gasteiger partial charge < -0.3 is 5.11 Å². The Morgan fingerprint density at radius 3 is 2.55 bits per heavy atom. The summed E-state index contributed by atoms with van der Waals surface area (Å²) >= 11 is 0. The van der Waals surface area contributed by atoms with Crippen molar-refractivity contribution in [2.75, 3.05) is 0 Å². The monoisotopic (exact) mass is 282 g/mol. The highest BCUT2D eigenvalue weighted by Gasteiger charge is 2.26. The van der Waals surface area contributed by atoms with Gasteiger partial charge in [0, 0.05) is 23.9 Å². The molecule has 20 heavy (non-hydrogen) atoms. The van der Waals surface area contributed by atoms with E-state index < -0.39 is 12.6 Å². The van der Waals surface area contributed by atoms with Crippen molar-refractivity contribution in [2.24, 2.45) is 0 Å². The van der Waals surface area contributed by atoms with E-state index >= 15 is 0 Å². The van der Waals surface area contributed by atoms with Crippen LogP contribution in [0.25, 0.3) is 11.4 Å². The highest BCUT2D eigenvalue weighted by atomic mass is 19.4. The van der Waals surface area contributed by atoms with Crippen molar-refractivity contribution in [3.05, 3.63) is 47.8 Å². The van der Waals surface area contributed by atoms with Crippen LogP contribution in [-0.4, -0.2) is 21.3 Å². The van der Waals surface area contributed by atoms with Crippen molar-refractivity contribution >= 4 is 0 Å². The second-order valence-electron chi connectivity index (χ2n) is 4.30. The molecule has 1 heterocycles. The van der Waals surface area contributed by atoms with E-state index in [0.717, 1.165) is 0 Å². The van der Waals surface area contributed by atoms with E-state index in [-0.39, 0.29) is 13.0 Å². The van der Waals surface area contributed by atoms with Crippen LogP contribution in [0, 0.1) is 0 Å². The number of aliphatic hydroxyl groups is 1. The van der Waals surface area contributed by atoms with E-state index in [1.807, 2.05) is 0 Å². The fourth-order valence-electron chi connectivity index (χ4n) is 1.81. The molecule has 0 aliphatic carbocycles. The lowest BCUT2D eigenvalue weighted by molar-refractivity contribution is -0.134. The summed E-state index contributed by atoms with van der Waals surface area (Å²) in [5.41, 5.74) is 1.60. The lowest BCUT2D eigenvalue weighted by Crippen LogP contribution is -2.09. The fraction of sp³-hybridized carbons (Fsp3) is 0.286. The van der Waals surface area contributed by atoms with Gasteiger partial charge in [0.25, 0.3) is 0 Å². The molecule has 0 atom stereocenters. The van der Waals surface area contributed by atoms with Gasteiger partial charge in [-0.2, -0.15) is 13.2 Å². The Morgan fingerprint density at radius 1 is 1.10 bits per heavy atom. The van der Waals surface area contributed by atoms with Gasteiger partial charge in [0.05, 0.1) is 6.61 Å². The van der Waals surface area contributed by atoms with Gasteiger partial charge in [-0.25, -0.2) is 9.97 Å². The second kappa shape index (κ2) is 6.00. The number of hydrogen-bond donors (Lipinski definition) is 1. The first-order chi connectivity index (χ1) is 9.49. The summed E-state index contributed by atoms with van der Waals surface area (Å²) in [5, 5.41) is 9.25. The molecule has 3 nitrogen and oxygen atoms in total. The highest BCUT2D eigenvalue weighted by Crippen LogP contribution is 2.23. The van der Waals surface area contributed by atoms with E-state index in [2.05, 4.69) is 9.97 Å². The highest BCUT2D eigenvalue weighted by molar-refractivity contribution is 5.59. The second-order valence-corrected chi connectivity index (χ2v) is 4.30. The molecular formula is C14H13F3N2O. The van der Waals surface area contributed by atoms with Gasteiger partial charge in [-0.1, -0.05) is 24.3 Å². The maximum absolute atomic E-state index is 12.2. The van der Waals surface area contributed by atoms with Crippen molar-refractivity contribution in [1.29, 1.82) is 0 Å². The van der Waals surface area contributed by atoms with E-state index in [4.69, 9.17) is 0 Å². The molecule has 0 unspecified atom stereocenters. The smallest absolute Gasteiger partial charge is 0.389 e. The van der Waals surface area contributed by atoms with Crippen molar-refractivity contribution in [1.82, 2.24) is 9.97 Å². The van der Waals surface area contributed by atoms with E-state index in [0.29, 0.717) is 22.6 Å². The standard InChI is InChI=1S/C14H13F3N2O/c15-14(16,17)7-5-11-6-8-18-13(19-11)12-4-2-1-3-10(12)9-20/h1-4,6,8,20H,5,7,9H2. The molecular weight excluding hydrogens is 269 g/mol. The van der Waals surface area contributed by atoms with Gasteiger partial charge in [0.15, 0.2) is 5.82 Å². The predicted octanol–water partition coefficient (Wildman–Crippen LogP) is 3.13. The summed E-state index contributed by atoms with van der Waals surface area (Å²) in [6, 6.07) is 8.45. The molecule has 0 fully saturated rings. The van der Waals surface area contributed by atoms with Gasteiger partial charge in [-0.15, -0.1) is 0 Å². The molecule has 106 valence electrons. The molecule has 1 aromatic carbocycles. The topological polar surface area (TPSA) is 46.0 Å². The molecule has 0 saturated carbocycles. The Morgan fingerprint density at radius 2 is 1.85 bits per heavy atom. The zero-order valence-corrected chi connectivity index (χ0v) is 10.6. The quantitative estimate of drug-likeness (QED) is 0.937. The van der Waals surface area contributed by atoms with E-state index in [1.165, 1.54) is 12.3 Å². The van der Waals surface area contributed by atoms with Crippen LogP contribution >= 0.6 is 0 Å². The van der Waals surface area contributed by atoms with Crippen LogP contribution in [0.5, 0.6) is 0 Å². The van der Waals surface area contributed by atoms with Crippen LogP contribution in [0.1, 0.15) is 17.7 Å². The molecule has 0 bridgehead atoms. The van der Waals surface area contributed by atoms with Gasteiger partial charge >= 0.3 is 6.18 Å². The van der Waals surface area contributed by atoms with Gasteiger partial charge in [0.2, 0.25) is 0 Å². The first kappa shape index (κ1) is 14.5. The average Bonchev–Trinajstić information content (AvgIpc) is 2.45. The third-order valence-electron chi connectivity index (χ3n) is 2.81. The molecule has 1 aromatic heterocycles. The Bertz CT molecular complexity index is 585. The number of benzene rings is 1. The fourth-order valence-corrected chi connectivity index (χ4v) is 1.81. The Balaban J connectivity index is 2.25.